The molecular weight excluding hydrogens is 405 g/mol. The lowest BCUT2D eigenvalue weighted by atomic mass is 10.1. The zero-order chi connectivity index (χ0) is 22.8. The molecule has 0 radical (unpaired) electrons. The summed E-state index contributed by atoms with van der Waals surface area (Å²) in [5.74, 6) is 0.579. The number of anilines is 1. The minimum absolute atomic E-state index is 0.0862. The maximum atomic E-state index is 12.8. The maximum absolute atomic E-state index is 12.8. The second kappa shape index (κ2) is 12.4. The lowest BCUT2D eigenvalue weighted by Crippen LogP contribution is -2.06. The van der Waals surface area contributed by atoms with Crippen LogP contribution in [-0.4, -0.2) is 27.6 Å². The molecule has 6 nitrogen and oxygen atoms in total. The van der Waals surface area contributed by atoms with Crippen LogP contribution < -0.4 is 15.2 Å². The number of aryl methyl sites for hydroxylation is 1. The zero-order valence-corrected chi connectivity index (χ0v) is 18.8. The SMILES string of the molecule is CC.CC.COc1nc(C(C)C)c(Oc2cnc(C)nc2N)cc1SC(F)(F)F. The molecule has 0 fully saturated rings. The van der Waals surface area contributed by atoms with Gasteiger partial charge in [-0.25, -0.2) is 15.0 Å². The van der Waals surface area contributed by atoms with E-state index in [0.29, 0.717) is 11.5 Å². The van der Waals surface area contributed by atoms with E-state index in [-0.39, 0.29) is 45.8 Å². The lowest BCUT2D eigenvalue weighted by Gasteiger charge is -2.17. The van der Waals surface area contributed by atoms with Crippen molar-refractivity contribution < 1.29 is 22.6 Å². The van der Waals surface area contributed by atoms with E-state index in [1.54, 1.807) is 6.92 Å². The molecule has 2 heterocycles. The van der Waals surface area contributed by atoms with E-state index in [1.807, 2.05) is 41.5 Å². The second-order valence-electron chi connectivity index (χ2n) is 5.35. The van der Waals surface area contributed by atoms with Crippen LogP contribution in [0.1, 0.15) is 59.0 Å². The van der Waals surface area contributed by atoms with Gasteiger partial charge < -0.3 is 15.2 Å². The van der Waals surface area contributed by atoms with Gasteiger partial charge >= 0.3 is 5.51 Å². The fourth-order valence-electron chi connectivity index (χ4n) is 1.99. The average molecular weight is 435 g/mol. The van der Waals surface area contributed by atoms with Gasteiger partial charge in [0.2, 0.25) is 5.88 Å². The first kappa shape index (κ1) is 26.8. The van der Waals surface area contributed by atoms with E-state index < -0.39 is 5.51 Å². The Morgan fingerprint density at radius 3 is 2.10 bits per heavy atom. The molecule has 0 spiro atoms. The minimum Gasteiger partial charge on any atom is -0.480 e. The summed E-state index contributed by atoms with van der Waals surface area (Å²) >= 11 is -0.326. The first-order chi connectivity index (χ1) is 13.6. The average Bonchev–Trinajstić information content (AvgIpc) is 2.66. The lowest BCUT2D eigenvalue weighted by molar-refractivity contribution is -0.0329. The van der Waals surface area contributed by atoms with Crippen LogP contribution in [0, 0.1) is 6.92 Å². The summed E-state index contributed by atoms with van der Waals surface area (Å²) in [6, 6.07) is 1.23. The number of ether oxygens (including phenoxy) is 2. The number of nitrogen functional groups attached to an aromatic ring is 1. The molecule has 0 unspecified atom stereocenters. The van der Waals surface area contributed by atoms with Gasteiger partial charge in [0.15, 0.2) is 17.3 Å². The van der Waals surface area contributed by atoms with Crippen molar-refractivity contribution in [3.63, 3.8) is 0 Å². The van der Waals surface area contributed by atoms with Crippen LogP contribution >= 0.6 is 11.8 Å². The molecule has 0 saturated carbocycles. The Hall–Kier alpha value is -2.23. The largest absolute Gasteiger partial charge is 0.480 e. The van der Waals surface area contributed by atoms with E-state index in [0.717, 1.165) is 0 Å². The third-order valence-corrected chi connectivity index (χ3v) is 3.78. The number of pyridine rings is 1. The summed E-state index contributed by atoms with van der Waals surface area (Å²) in [7, 11) is 1.26. The van der Waals surface area contributed by atoms with Gasteiger partial charge in [-0.2, -0.15) is 13.2 Å². The quantitative estimate of drug-likeness (QED) is 0.549. The normalized spacial score (nSPS) is 10.5. The van der Waals surface area contributed by atoms with Crippen molar-refractivity contribution in [1.82, 2.24) is 15.0 Å². The van der Waals surface area contributed by atoms with E-state index in [9.17, 15) is 13.2 Å². The van der Waals surface area contributed by atoms with E-state index >= 15 is 0 Å². The molecule has 0 aromatic carbocycles. The highest BCUT2D eigenvalue weighted by Gasteiger charge is 2.32. The number of methoxy groups -OCH3 is 1. The van der Waals surface area contributed by atoms with Crippen molar-refractivity contribution in [2.24, 2.45) is 0 Å². The number of alkyl halides is 3. The molecule has 29 heavy (non-hydrogen) atoms. The van der Waals surface area contributed by atoms with Crippen LogP contribution in [0.3, 0.4) is 0 Å². The molecule has 2 aromatic heterocycles. The first-order valence-corrected chi connectivity index (χ1v) is 10.0. The molecular formula is C19H29F3N4O2S. The summed E-state index contributed by atoms with van der Waals surface area (Å²) in [5, 5.41) is 0. The van der Waals surface area contributed by atoms with Crippen molar-refractivity contribution in [2.75, 3.05) is 12.8 Å². The number of nitrogens with two attached hydrogens (primary N) is 1. The number of nitrogens with zero attached hydrogens (tertiary/aromatic N) is 3. The maximum Gasteiger partial charge on any atom is 0.446 e. The highest BCUT2D eigenvalue weighted by atomic mass is 32.2. The fraction of sp³-hybridized carbons (Fsp3) is 0.526. The molecule has 2 aromatic rings. The number of halogens is 3. The summed E-state index contributed by atoms with van der Waals surface area (Å²) in [6.45, 7) is 13.3. The van der Waals surface area contributed by atoms with Crippen LogP contribution in [0.15, 0.2) is 17.2 Å². The summed E-state index contributed by atoms with van der Waals surface area (Å²) in [6.07, 6.45) is 1.36. The number of hydrogen-bond acceptors (Lipinski definition) is 7. The monoisotopic (exact) mass is 434 g/mol. The van der Waals surface area contributed by atoms with Gasteiger partial charge in [-0.05, 0) is 24.6 Å². The van der Waals surface area contributed by atoms with Crippen LogP contribution in [-0.2, 0) is 0 Å². The summed E-state index contributed by atoms with van der Waals surface area (Å²) in [5.41, 5.74) is 1.73. The van der Waals surface area contributed by atoms with Gasteiger partial charge in [-0.3, -0.25) is 0 Å². The molecule has 0 aliphatic carbocycles. The highest BCUT2D eigenvalue weighted by molar-refractivity contribution is 8.00. The molecule has 0 aliphatic heterocycles. The standard InChI is InChI=1S/C15H17F3N4O2S.2C2H6/c1-7(2)12-9(24-10-6-20-8(3)21-13(10)19)5-11(14(22-12)23-4)25-15(16,17)18;2*1-2/h5-7H,1-4H3,(H2,19,20,21);2*1-2H3. The van der Waals surface area contributed by atoms with E-state index in [4.69, 9.17) is 15.2 Å². The number of hydrogen-bond donors (Lipinski definition) is 1. The number of aromatic nitrogens is 3. The van der Waals surface area contributed by atoms with Gasteiger partial charge in [-0.1, -0.05) is 41.5 Å². The Morgan fingerprint density at radius 2 is 1.66 bits per heavy atom. The Bertz CT molecular complexity index is 772. The van der Waals surface area contributed by atoms with E-state index in [2.05, 4.69) is 15.0 Å². The van der Waals surface area contributed by atoms with Crippen LogP contribution in [0.4, 0.5) is 19.0 Å². The van der Waals surface area contributed by atoms with Crippen molar-refractivity contribution >= 4 is 17.6 Å². The minimum atomic E-state index is -4.49. The number of rotatable bonds is 5. The smallest absolute Gasteiger partial charge is 0.446 e. The second-order valence-corrected chi connectivity index (χ2v) is 6.46. The first-order valence-electron chi connectivity index (χ1n) is 9.22. The Balaban J connectivity index is 0.00000184. The topological polar surface area (TPSA) is 83.2 Å². The molecule has 2 N–H and O–H groups in total. The van der Waals surface area contributed by atoms with Crippen LogP contribution in [0.25, 0.3) is 0 Å². The van der Waals surface area contributed by atoms with Gasteiger partial charge in [0, 0.05) is 6.07 Å². The predicted molar refractivity (Wildman–Crippen MR) is 111 cm³/mol. The Kier molecular flexibility index (Phi) is 11.4. The molecule has 0 amide bonds. The predicted octanol–water partition coefficient (Wildman–Crippen LogP) is 6.35. The molecule has 2 rings (SSSR count). The zero-order valence-electron chi connectivity index (χ0n) is 18.0. The summed E-state index contributed by atoms with van der Waals surface area (Å²) < 4.78 is 49.0. The van der Waals surface area contributed by atoms with Crippen LogP contribution in [0.2, 0.25) is 0 Å². The molecule has 0 saturated heterocycles. The van der Waals surface area contributed by atoms with Gasteiger partial charge in [-0.15, -0.1) is 0 Å². The van der Waals surface area contributed by atoms with Crippen LogP contribution in [0.5, 0.6) is 17.4 Å². The number of thioether (sulfide) groups is 1. The third-order valence-electron chi connectivity index (χ3n) is 3.04. The van der Waals surface area contributed by atoms with Crippen molar-refractivity contribution in [3.8, 4) is 17.4 Å². The van der Waals surface area contributed by atoms with Crippen molar-refractivity contribution in [1.29, 1.82) is 0 Å². The fourth-order valence-corrected chi connectivity index (χ4v) is 2.62. The van der Waals surface area contributed by atoms with Gasteiger partial charge in [0.25, 0.3) is 0 Å². The van der Waals surface area contributed by atoms with Crippen molar-refractivity contribution in [2.45, 2.75) is 64.8 Å². The van der Waals surface area contributed by atoms with Gasteiger partial charge in [0.05, 0.1) is 23.9 Å². The summed E-state index contributed by atoms with van der Waals surface area (Å²) in [4.78, 5) is 11.9. The van der Waals surface area contributed by atoms with Gasteiger partial charge in [0.1, 0.15) is 5.82 Å². The molecule has 10 heteroatoms. The Labute approximate surface area is 174 Å². The molecule has 0 bridgehead atoms. The molecule has 164 valence electrons. The Morgan fingerprint density at radius 1 is 1.07 bits per heavy atom. The third kappa shape index (κ3) is 8.35. The van der Waals surface area contributed by atoms with Crippen molar-refractivity contribution in [3.05, 3.63) is 23.8 Å². The molecule has 0 atom stereocenters. The molecule has 0 aliphatic rings. The van der Waals surface area contributed by atoms with E-state index in [1.165, 1.54) is 19.4 Å². The highest BCUT2D eigenvalue weighted by Crippen LogP contribution is 2.44.